The number of rotatable bonds is 1. The molecule has 2 aromatic heterocycles. The van der Waals surface area contributed by atoms with Gasteiger partial charge in [-0.3, -0.25) is 4.79 Å². The highest BCUT2D eigenvalue weighted by Crippen LogP contribution is 2.26. The minimum atomic E-state index is -4.68. The van der Waals surface area contributed by atoms with Gasteiger partial charge in [0, 0.05) is 6.07 Å². The molecule has 0 aromatic carbocycles. The molecule has 0 unspecified atom stereocenters. The Hall–Kier alpha value is -2.06. The van der Waals surface area contributed by atoms with Crippen LogP contribution in [-0.4, -0.2) is 26.7 Å². The summed E-state index contributed by atoms with van der Waals surface area (Å²) in [6, 6.07) is 0.286. The zero-order valence-corrected chi connectivity index (χ0v) is 7.87. The first-order valence-corrected chi connectivity index (χ1v) is 4.03. The molecule has 2 aromatic rings. The van der Waals surface area contributed by atoms with Crippen molar-refractivity contribution in [1.29, 1.82) is 0 Å². The van der Waals surface area contributed by atoms with Gasteiger partial charge in [0.25, 0.3) is 11.3 Å². The zero-order valence-electron chi connectivity index (χ0n) is 7.87. The first kappa shape index (κ1) is 10.5. The van der Waals surface area contributed by atoms with Crippen LogP contribution in [-0.2, 0) is 6.18 Å². The molecular formula is C7H5F3N4O2. The number of methoxy groups -OCH3 is 1. The fraction of sp³-hybridized carbons (Fsp3) is 0.286. The van der Waals surface area contributed by atoms with E-state index in [1.165, 1.54) is 7.11 Å². The van der Waals surface area contributed by atoms with Crippen molar-refractivity contribution in [2.75, 3.05) is 7.11 Å². The van der Waals surface area contributed by atoms with Gasteiger partial charge in [0.05, 0.1) is 7.11 Å². The molecule has 1 N–H and O–H groups in total. The number of ether oxygens (including phenoxy) is 1. The average molecular weight is 234 g/mol. The molecule has 0 saturated heterocycles. The summed E-state index contributed by atoms with van der Waals surface area (Å²) in [5.74, 6) is -0.392. The monoisotopic (exact) mass is 234 g/mol. The van der Waals surface area contributed by atoms with E-state index in [0.717, 1.165) is 4.52 Å². The van der Waals surface area contributed by atoms with E-state index in [-0.39, 0.29) is 6.01 Å². The molecule has 86 valence electrons. The summed E-state index contributed by atoms with van der Waals surface area (Å²) in [6.45, 7) is 0. The number of nitrogens with zero attached hydrogens (tertiary/aromatic N) is 3. The summed E-state index contributed by atoms with van der Waals surface area (Å²) in [5.41, 5.74) is -2.19. The Morgan fingerprint density at radius 1 is 1.44 bits per heavy atom. The highest BCUT2D eigenvalue weighted by Gasteiger charge is 2.33. The number of halogens is 3. The highest BCUT2D eigenvalue weighted by atomic mass is 19.4. The number of hydrogen-bond acceptors (Lipinski definition) is 4. The number of aromatic nitrogens is 4. The van der Waals surface area contributed by atoms with Crippen LogP contribution in [0.3, 0.4) is 0 Å². The molecule has 2 rings (SSSR count). The summed E-state index contributed by atoms with van der Waals surface area (Å²) in [7, 11) is 1.26. The number of alkyl halides is 3. The van der Waals surface area contributed by atoms with Crippen LogP contribution >= 0.6 is 0 Å². The Morgan fingerprint density at radius 2 is 2.12 bits per heavy atom. The third-order valence-electron chi connectivity index (χ3n) is 1.79. The quantitative estimate of drug-likeness (QED) is 0.777. The van der Waals surface area contributed by atoms with Gasteiger partial charge in [-0.1, -0.05) is 0 Å². The first-order valence-electron chi connectivity index (χ1n) is 4.03. The van der Waals surface area contributed by atoms with Gasteiger partial charge >= 0.3 is 12.2 Å². The molecule has 0 fully saturated rings. The second-order valence-corrected chi connectivity index (χ2v) is 2.85. The molecule has 0 aliphatic rings. The molecule has 0 radical (unpaired) electrons. The van der Waals surface area contributed by atoms with Crippen LogP contribution in [0.25, 0.3) is 5.78 Å². The number of hydrogen-bond donors (Lipinski definition) is 1. The molecule has 16 heavy (non-hydrogen) atoms. The lowest BCUT2D eigenvalue weighted by atomic mass is 10.4. The van der Waals surface area contributed by atoms with E-state index >= 15 is 0 Å². The second-order valence-electron chi connectivity index (χ2n) is 2.85. The summed E-state index contributed by atoms with van der Waals surface area (Å²) in [6.07, 6.45) is -4.68. The Bertz CT molecular complexity index is 585. The van der Waals surface area contributed by atoms with Crippen molar-refractivity contribution in [1.82, 2.24) is 19.6 Å². The molecule has 0 saturated carbocycles. The van der Waals surface area contributed by atoms with Gasteiger partial charge in [-0.15, -0.1) is 0 Å². The Labute approximate surface area is 85.7 Å². The van der Waals surface area contributed by atoms with Crippen LogP contribution < -0.4 is 10.3 Å². The van der Waals surface area contributed by atoms with Gasteiger partial charge in [0.15, 0.2) is 5.69 Å². The fourth-order valence-electron chi connectivity index (χ4n) is 1.10. The fourth-order valence-corrected chi connectivity index (χ4v) is 1.10. The van der Waals surface area contributed by atoms with Gasteiger partial charge in [-0.2, -0.15) is 22.7 Å². The molecule has 6 nitrogen and oxygen atoms in total. The minimum absolute atomic E-state index is 0.0936. The third kappa shape index (κ3) is 1.59. The molecule has 0 amide bonds. The zero-order chi connectivity index (χ0) is 11.9. The smallest absolute Gasteiger partial charge is 0.433 e. The summed E-state index contributed by atoms with van der Waals surface area (Å²) in [5, 5.41) is 2.33. The molecule has 2 heterocycles. The van der Waals surface area contributed by atoms with E-state index in [9.17, 15) is 18.0 Å². The maximum atomic E-state index is 12.3. The number of nitrogens with one attached hydrogen (secondary N) is 1. The Kier molecular flexibility index (Phi) is 2.10. The van der Waals surface area contributed by atoms with Crippen LogP contribution in [0.5, 0.6) is 6.01 Å². The highest BCUT2D eigenvalue weighted by molar-refractivity contribution is 5.30. The standard InChI is InChI=1S/C7H5F3N4O2/c1-16-6-12-5-11-3(7(8,9)10)2-4(15)14(5)13-6/h2H,1H3,(H,11,12,13). The van der Waals surface area contributed by atoms with E-state index in [1.807, 2.05) is 0 Å². The van der Waals surface area contributed by atoms with Crippen LogP contribution in [0.1, 0.15) is 5.69 Å². The van der Waals surface area contributed by atoms with Gasteiger partial charge in [0.1, 0.15) is 0 Å². The molecule has 0 bridgehead atoms. The van der Waals surface area contributed by atoms with Crippen molar-refractivity contribution < 1.29 is 17.9 Å². The van der Waals surface area contributed by atoms with Crippen LogP contribution in [0.2, 0.25) is 0 Å². The molecular weight excluding hydrogens is 229 g/mol. The number of H-pyrrole nitrogens is 1. The lowest BCUT2D eigenvalue weighted by Crippen LogP contribution is -2.20. The molecule has 0 atom stereocenters. The maximum Gasteiger partial charge on any atom is 0.433 e. The van der Waals surface area contributed by atoms with Crippen molar-refractivity contribution in [2.45, 2.75) is 6.18 Å². The summed E-state index contributed by atoms with van der Waals surface area (Å²) < 4.78 is 42.3. The lowest BCUT2D eigenvalue weighted by molar-refractivity contribution is -0.141. The van der Waals surface area contributed by atoms with Crippen LogP contribution in [0, 0.1) is 0 Å². The van der Waals surface area contributed by atoms with Crippen LogP contribution in [0.4, 0.5) is 13.2 Å². The van der Waals surface area contributed by atoms with Crippen molar-refractivity contribution in [3.8, 4) is 6.01 Å². The van der Waals surface area contributed by atoms with Gasteiger partial charge < -0.3 is 4.74 Å². The van der Waals surface area contributed by atoms with E-state index in [1.54, 1.807) is 0 Å². The van der Waals surface area contributed by atoms with Gasteiger partial charge in [-0.25, -0.2) is 10.1 Å². The largest absolute Gasteiger partial charge is 0.467 e. The van der Waals surface area contributed by atoms with E-state index < -0.39 is 23.2 Å². The number of fused-ring (bicyclic) bond motifs is 1. The predicted molar refractivity (Wildman–Crippen MR) is 45.2 cm³/mol. The van der Waals surface area contributed by atoms with Crippen molar-refractivity contribution in [2.24, 2.45) is 0 Å². The SMILES string of the molecule is COc1nc2nc(C(F)(F)F)cc(=O)n2[nH]1. The maximum absolute atomic E-state index is 12.3. The third-order valence-corrected chi connectivity index (χ3v) is 1.79. The summed E-state index contributed by atoms with van der Waals surface area (Å²) in [4.78, 5) is 18.0. The molecule has 9 heteroatoms. The van der Waals surface area contributed by atoms with Gasteiger partial charge in [0.2, 0.25) is 0 Å². The predicted octanol–water partition coefficient (Wildman–Crippen LogP) is 0.445. The van der Waals surface area contributed by atoms with Crippen molar-refractivity contribution in [3.05, 3.63) is 22.1 Å². The second kappa shape index (κ2) is 3.22. The number of aromatic amines is 1. The topological polar surface area (TPSA) is 72.3 Å². The lowest BCUT2D eigenvalue weighted by Gasteiger charge is -2.03. The first-order chi connectivity index (χ1) is 7.41. The van der Waals surface area contributed by atoms with E-state index in [2.05, 4.69) is 19.8 Å². The Morgan fingerprint density at radius 3 is 2.69 bits per heavy atom. The van der Waals surface area contributed by atoms with E-state index in [0.29, 0.717) is 6.07 Å². The molecule has 0 spiro atoms. The van der Waals surface area contributed by atoms with Crippen molar-refractivity contribution >= 4 is 5.78 Å². The van der Waals surface area contributed by atoms with E-state index in [4.69, 9.17) is 0 Å². The average Bonchev–Trinajstić information content (AvgIpc) is 2.59. The normalized spacial score (nSPS) is 12.0. The molecule has 0 aliphatic carbocycles. The minimum Gasteiger partial charge on any atom is -0.467 e. The Balaban J connectivity index is 2.72. The summed E-state index contributed by atoms with van der Waals surface area (Å²) >= 11 is 0. The van der Waals surface area contributed by atoms with Crippen molar-refractivity contribution in [3.63, 3.8) is 0 Å². The molecule has 0 aliphatic heterocycles. The van der Waals surface area contributed by atoms with Crippen LogP contribution in [0.15, 0.2) is 10.9 Å². The van der Waals surface area contributed by atoms with Gasteiger partial charge in [-0.05, 0) is 0 Å².